The molecule has 2 aromatic heterocycles. The van der Waals surface area contributed by atoms with Crippen LogP contribution in [0.25, 0.3) is 17.1 Å². The van der Waals surface area contributed by atoms with Crippen LogP contribution in [0.15, 0.2) is 78.2 Å². The van der Waals surface area contributed by atoms with Crippen molar-refractivity contribution < 1.29 is 9.18 Å². The van der Waals surface area contributed by atoms with E-state index in [9.17, 15) is 9.18 Å². The Balaban J connectivity index is 1.62. The zero-order valence-corrected chi connectivity index (χ0v) is 20.1. The average Bonchev–Trinajstić information content (AvgIpc) is 3.27. The van der Waals surface area contributed by atoms with Gasteiger partial charge in [0.05, 0.1) is 10.9 Å². The number of amides is 1. The highest BCUT2D eigenvalue weighted by Gasteiger charge is 2.23. The highest BCUT2D eigenvalue weighted by molar-refractivity contribution is 8.00. The van der Waals surface area contributed by atoms with Crippen molar-refractivity contribution in [1.29, 1.82) is 0 Å². The molecule has 0 saturated heterocycles. The van der Waals surface area contributed by atoms with E-state index < -0.39 is 5.25 Å². The number of carbonyl (C=O) groups is 1. The number of pyridine rings is 1. The number of para-hydroxylation sites is 1. The minimum absolute atomic E-state index is 0.135. The van der Waals surface area contributed by atoms with Gasteiger partial charge in [-0.15, -0.1) is 10.2 Å². The third-order valence-electron chi connectivity index (χ3n) is 5.38. The van der Waals surface area contributed by atoms with Crippen LogP contribution in [-0.4, -0.2) is 30.9 Å². The monoisotopic (exact) mass is 475 g/mol. The summed E-state index contributed by atoms with van der Waals surface area (Å²) in [5.41, 5.74) is 3.80. The lowest BCUT2D eigenvalue weighted by molar-refractivity contribution is -0.120. The molecule has 174 valence electrons. The first-order valence-corrected chi connectivity index (χ1v) is 12.0. The molecule has 0 aliphatic heterocycles. The van der Waals surface area contributed by atoms with E-state index in [2.05, 4.69) is 40.4 Å². The summed E-state index contributed by atoms with van der Waals surface area (Å²) in [6.45, 7) is 6.45. The molecular formula is C26H26FN5OS. The summed E-state index contributed by atoms with van der Waals surface area (Å²) in [7, 11) is 0. The van der Waals surface area contributed by atoms with Crippen molar-refractivity contribution >= 4 is 17.7 Å². The summed E-state index contributed by atoms with van der Waals surface area (Å²) in [6, 6.07) is 18.0. The minimum atomic E-state index is -0.420. The maximum absolute atomic E-state index is 13.1. The molecule has 1 amide bonds. The molecule has 0 aliphatic rings. The lowest BCUT2D eigenvalue weighted by atomic mass is 10.0. The lowest BCUT2D eigenvalue weighted by Crippen LogP contribution is -2.30. The van der Waals surface area contributed by atoms with Crippen LogP contribution in [0.5, 0.6) is 0 Å². The van der Waals surface area contributed by atoms with Crippen molar-refractivity contribution in [2.24, 2.45) is 0 Å². The highest BCUT2D eigenvalue weighted by Crippen LogP contribution is 2.33. The van der Waals surface area contributed by atoms with Crippen molar-refractivity contribution in [3.05, 3.63) is 90.0 Å². The second-order valence-corrected chi connectivity index (χ2v) is 9.51. The van der Waals surface area contributed by atoms with Gasteiger partial charge in [0.25, 0.3) is 0 Å². The van der Waals surface area contributed by atoms with Crippen LogP contribution in [0, 0.1) is 5.82 Å². The van der Waals surface area contributed by atoms with Crippen LogP contribution < -0.4 is 5.32 Å². The van der Waals surface area contributed by atoms with Gasteiger partial charge < -0.3 is 5.32 Å². The van der Waals surface area contributed by atoms with Crippen molar-refractivity contribution in [3.63, 3.8) is 0 Å². The highest BCUT2D eigenvalue weighted by atomic mass is 32.2. The van der Waals surface area contributed by atoms with E-state index in [4.69, 9.17) is 0 Å². The Hall–Kier alpha value is -3.52. The number of aromatic nitrogens is 4. The van der Waals surface area contributed by atoms with E-state index in [-0.39, 0.29) is 17.6 Å². The first kappa shape index (κ1) is 23.6. The van der Waals surface area contributed by atoms with Gasteiger partial charge in [0, 0.05) is 24.5 Å². The lowest BCUT2D eigenvalue weighted by Gasteiger charge is -2.18. The summed E-state index contributed by atoms with van der Waals surface area (Å²) >= 11 is 1.34. The van der Waals surface area contributed by atoms with Gasteiger partial charge in [-0.3, -0.25) is 14.3 Å². The van der Waals surface area contributed by atoms with E-state index >= 15 is 0 Å². The number of carbonyl (C=O) groups excluding carboxylic acids is 1. The van der Waals surface area contributed by atoms with Crippen LogP contribution in [-0.2, 0) is 11.3 Å². The van der Waals surface area contributed by atoms with E-state index in [1.807, 2.05) is 41.8 Å². The summed E-state index contributed by atoms with van der Waals surface area (Å²) in [6.07, 6.45) is 3.47. The quantitative estimate of drug-likeness (QED) is 0.346. The molecular weight excluding hydrogens is 449 g/mol. The molecule has 0 bridgehead atoms. The fourth-order valence-corrected chi connectivity index (χ4v) is 4.46. The van der Waals surface area contributed by atoms with Gasteiger partial charge in [-0.2, -0.15) is 0 Å². The Labute approximate surface area is 202 Å². The standard InChI is InChI=1S/C26H26FN5OS/c1-17(2)22-8-4-5-9-23(22)32-24(20-7-6-14-28-16-20)30-31-26(32)34-18(3)25(33)29-15-19-10-12-21(27)13-11-19/h4-14,16-18H,15H2,1-3H3,(H,29,33). The Morgan fingerprint density at radius 1 is 1.03 bits per heavy atom. The number of halogens is 1. The Morgan fingerprint density at radius 3 is 2.50 bits per heavy atom. The molecule has 2 aromatic carbocycles. The molecule has 1 unspecified atom stereocenters. The van der Waals surface area contributed by atoms with Crippen LogP contribution in [0.2, 0.25) is 0 Å². The van der Waals surface area contributed by atoms with Gasteiger partial charge in [0.2, 0.25) is 5.91 Å². The van der Waals surface area contributed by atoms with E-state index in [1.165, 1.54) is 23.9 Å². The predicted octanol–water partition coefficient (Wildman–Crippen LogP) is 5.39. The summed E-state index contributed by atoms with van der Waals surface area (Å²) in [4.78, 5) is 17.0. The van der Waals surface area contributed by atoms with E-state index in [0.717, 1.165) is 22.4 Å². The van der Waals surface area contributed by atoms with Gasteiger partial charge in [-0.05, 0) is 54.3 Å². The third kappa shape index (κ3) is 5.34. The van der Waals surface area contributed by atoms with Crippen LogP contribution in [0.3, 0.4) is 0 Å². The van der Waals surface area contributed by atoms with Crippen molar-refractivity contribution in [3.8, 4) is 17.1 Å². The van der Waals surface area contributed by atoms with Gasteiger partial charge in [0.15, 0.2) is 11.0 Å². The molecule has 8 heteroatoms. The molecule has 1 N–H and O–H groups in total. The number of nitrogens with one attached hydrogen (secondary N) is 1. The smallest absolute Gasteiger partial charge is 0.233 e. The van der Waals surface area contributed by atoms with Gasteiger partial charge in [-0.1, -0.05) is 55.9 Å². The molecule has 6 nitrogen and oxygen atoms in total. The second-order valence-electron chi connectivity index (χ2n) is 8.20. The van der Waals surface area contributed by atoms with Gasteiger partial charge in [0.1, 0.15) is 5.82 Å². The molecule has 0 aliphatic carbocycles. The molecule has 4 aromatic rings. The van der Waals surface area contributed by atoms with Crippen molar-refractivity contribution in [2.45, 2.75) is 43.6 Å². The minimum Gasteiger partial charge on any atom is -0.351 e. The van der Waals surface area contributed by atoms with E-state index in [1.54, 1.807) is 24.5 Å². The fourth-order valence-electron chi connectivity index (χ4n) is 3.57. The summed E-state index contributed by atoms with van der Waals surface area (Å²) in [5.74, 6) is 0.519. The van der Waals surface area contributed by atoms with E-state index in [0.29, 0.717) is 17.5 Å². The zero-order chi connectivity index (χ0) is 24.1. The van der Waals surface area contributed by atoms with Crippen LogP contribution in [0.4, 0.5) is 4.39 Å². The topological polar surface area (TPSA) is 72.7 Å². The molecule has 0 saturated carbocycles. The number of hydrogen-bond donors (Lipinski definition) is 1. The Kier molecular flexibility index (Phi) is 7.37. The first-order valence-electron chi connectivity index (χ1n) is 11.1. The fraction of sp³-hybridized carbons (Fsp3) is 0.231. The molecule has 0 radical (unpaired) electrons. The molecule has 34 heavy (non-hydrogen) atoms. The zero-order valence-electron chi connectivity index (χ0n) is 19.3. The van der Waals surface area contributed by atoms with Gasteiger partial charge in [-0.25, -0.2) is 4.39 Å². The maximum atomic E-state index is 13.1. The summed E-state index contributed by atoms with van der Waals surface area (Å²) < 4.78 is 15.1. The largest absolute Gasteiger partial charge is 0.351 e. The Morgan fingerprint density at radius 2 is 1.79 bits per heavy atom. The second kappa shape index (κ2) is 10.6. The number of hydrogen-bond acceptors (Lipinski definition) is 5. The number of rotatable bonds is 8. The Bertz CT molecular complexity index is 1260. The molecule has 4 rings (SSSR count). The number of nitrogens with zero attached hydrogens (tertiary/aromatic N) is 4. The molecule has 0 fully saturated rings. The third-order valence-corrected chi connectivity index (χ3v) is 6.43. The average molecular weight is 476 g/mol. The molecule has 0 spiro atoms. The maximum Gasteiger partial charge on any atom is 0.233 e. The normalized spacial score (nSPS) is 12.0. The van der Waals surface area contributed by atoms with Gasteiger partial charge >= 0.3 is 0 Å². The summed E-state index contributed by atoms with van der Waals surface area (Å²) in [5, 5.41) is 12.0. The number of thioether (sulfide) groups is 1. The SMILES string of the molecule is CC(Sc1nnc(-c2cccnc2)n1-c1ccccc1C(C)C)C(=O)NCc1ccc(F)cc1. The predicted molar refractivity (Wildman–Crippen MR) is 132 cm³/mol. The van der Waals surface area contributed by atoms with Crippen molar-refractivity contribution in [1.82, 2.24) is 25.1 Å². The molecule has 2 heterocycles. The molecule has 1 atom stereocenters. The number of benzene rings is 2. The van der Waals surface area contributed by atoms with Crippen molar-refractivity contribution in [2.75, 3.05) is 0 Å². The van der Waals surface area contributed by atoms with Crippen LogP contribution in [0.1, 0.15) is 37.8 Å². The first-order chi connectivity index (χ1) is 16.4. The van der Waals surface area contributed by atoms with Crippen LogP contribution >= 0.6 is 11.8 Å².